The van der Waals surface area contributed by atoms with Crippen molar-refractivity contribution in [2.45, 2.75) is 37.2 Å². The summed E-state index contributed by atoms with van der Waals surface area (Å²) in [4.78, 5) is 0. The van der Waals surface area contributed by atoms with E-state index in [0.29, 0.717) is 0 Å². The molecule has 0 spiro atoms. The summed E-state index contributed by atoms with van der Waals surface area (Å²) in [5.41, 5.74) is 0. The highest BCUT2D eigenvalue weighted by Gasteiger charge is 2.19. The summed E-state index contributed by atoms with van der Waals surface area (Å²) in [5, 5.41) is 0.204. The minimum absolute atomic E-state index is 0.136. The van der Waals surface area contributed by atoms with Crippen LogP contribution in [0.15, 0.2) is 0 Å². The summed E-state index contributed by atoms with van der Waals surface area (Å²) in [6, 6.07) is 0. The van der Waals surface area contributed by atoms with Gasteiger partial charge >= 0.3 is 0 Å². The molecule has 0 aromatic heterocycles. The lowest BCUT2D eigenvalue weighted by Crippen LogP contribution is -2.22. The zero-order valence-corrected chi connectivity index (χ0v) is 7.57. The first kappa shape index (κ1) is 9.45. The van der Waals surface area contributed by atoms with Crippen molar-refractivity contribution in [2.75, 3.05) is 0 Å². The van der Waals surface area contributed by atoms with Gasteiger partial charge in [-0.2, -0.15) is 0 Å². The van der Waals surface area contributed by atoms with Gasteiger partial charge in [0.1, 0.15) is 0 Å². The fourth-order valence-electron chi connectivity index (χ4n) is 1.23. The smallest absolute Gasteiger partial charge is 0.0844 e. The van der Waals surface area contributed by atoms with Gasteiger partial charge in [-0.1, -0.05) is 0 Å². The number of alkyl halides is 1. The topological polar surface area (TPSA) is 49.4 Å². The second-order valence-corrected chi connectivity index (χ2v) is 3.89. The van der Waals surface area contributed by atoms with Gasteiger partial charge in [-0.05, 0) is 25.7 Å². The molecule has 66 valence electrons. The standard InChI is InChI=1S/C6H11ClO3S/c7-5-1-3-6(4-2-5)10-11(8)9/h5-6H,1-4H2,(H,8,9)/p-1. The maximum Gasteiger partial charge on any atom is 0.0844 e. The fourth-order valence-corrected chi connectivity index (χ4v) is 1.90. The number of halogens is 1. The molecular formula is C6H10ClO3S-. The SMILES string of the molecule is O=S([O-])OC1CCC(Cl)CC1. The highest BCUT2D eigenvalue weighted by atomic mass is 35.5. The van der Waals surface area contributed by atoms with E-state index in [-0.39, 0.29) is 11.5 Å². The Bertz CT molecular complexity index is 145. The van der Waals surface area contributed by atoms with Crippen LogP contribution in [0.4, 0.5) is 0 Å². The van der Waals surface area contributed by atoms with Gasteiger partial charge < -0.3 is 4.55 Å². The van der Waals surface area contributed by atoms with E-state index in [9.17, 15) is 8.76 Å². The molecule has 0 aromatic carbocycles. The van der Waals surface area contributed by atoms with Crippen molar-refractivity contribution < 1.29 is 12.9 Å². The Morgan fingerprint density at radius 3 is 2.36 bits per heavy atom. The van der Waals surface area contributed by atoms with Gasteiger partial charge in [0.25, 0.3) is 0 Å². The fraction of sp³-hybridized carbons (Fsp3) is 1.00. The zero-order chi connectivity index (χ0) is 8.27. The summed E-state index contributed by atoms with van der Waals surface area (Å²) in [5.74, 6) is 0. The first-order valence-corrected chi connectivity index (χ1v) is 5.02. The molecule has 0 saturated heterocycles. The van der Waals surface area contributed by atoms with Crippen LogP contribution in [0.25, 0.3) is 0 Å². The van der Waals surface area contributed by atoms with E-state index < -0.39 is 11.4 Å². The summed E-state index contributed by atoms with van der Waals surface area (Å²) < 4.78 is 24.8. The molecule has 1 aliphatic rings. The molecule has 1 aliphatic carbocycles. The minimum Gasteiger partial charge on any atom is -0.750 e. The normalized spacial score (nSPS) is 35.1. The highest BCUT2D eigenvalue weighted by molar-refractivity contribution is 7.74. The van der Waals surface area contributed by atoms with Crippen LogP contribution in [0, 0.1) is 0 Å². The average Bonchev–Trinajstić information content (AvgIpc) is 1.93. The van der Waals surface area contributed by atoms with E-state index in [1.165, 1.54) is 0 Å². The third-order valence-corrected chi connectivity index (χ3v) is 2.68. The predicted octanol–water partition coefficient (Wildman–Crippen LogP) is 1.35. The lowest BCUT2D eigenvalue weighted by molar-refractivity contribution is 0.158. The van der Waals surface area contributed by atoms with Crippen molar-refractivity contribution in [3.8, 4) is 0 Å². The van der Waals surface area contributed by atoms with Crippen LogP contribution in [0.2, 0.25) is 0 Å². The Kier molecular flexibility index (Phi) is 3.78. The van der Waals surface area contributed by atoms with E-state index >= 15 is 0 Å². The largest absolute Gasteiger partial charge is 0.750 e. The maximum atomic E-state index is 10.1. The van der Waals surface area contributed by atoms with Crippen LogP contribution in [-0.2, 0) is 15.5 Å². The Balaban J connectivity index is 2.22. The predicted molar refractivity (Wildman–Crippen MR) is 41.9 cm³/mol. The number of hydrogen-bond acceptors (Lipinski definition) is 3. The van der Waals surface area contributed by atoms with Crippen molar-refractivity contribution in [3.05, 3.63) is 0 Å². The van der Waals surface area contributed by atoms with Gasteiger partial charge in [0.2, 0.25) is 0 Å². The number of rotatable bonds is 2. The van der Waals surface area contributed by atoms with Crippen LogP contribution in [0.5, 0.6) is 0 Å². The van der Waals surface area contributed by atoms with Gasteiger partial charge in [-0.15, -0.1) is 11.6 Å². The zero-order valence-electron chi connectivity index (χ0n) is 5.99. The molecular weight excluding hydrogens is 188 g/mol. The monoisotopic (exact) mass is 197 g/mol. The molecule has 0 bridgehead atoms. The van der Waals surface area contributed by atoms with Gasteiger partial charge in [0.15, 0.2) is 0 Å². The van der Waals surface area contributed by atoms with Crippen LogP contribution < -0.4 is 0 Å². The molecule has 0 radical (unpaired) electrons. The van der Waals surface area contributed by atoms with Crippen molar-refractivity contribution in [2.24, 2.45) is 0 Å². The van der Waals surface area contributed by atoms with E-state index in [2.05, 4.69) is 4.18 Å². The van der Waals surface area contributed by atoms with E-state index in [4.69, 9.17) is 11.6 Å². The van der Waals surface area contributed by atoms with Gasteiger partial charge in [-0.3, -0.25) is 4.18 Å². The summed E-state index contributed by atoms with van der Waals surface area (Å²) in [6.07, 6.45) is 3.07. The third kappa shape index (κ3) is 3.51. The van der Waals surface area contributed by atoms with E-state index in [0.717, 1.165) is 25.7 Å². The molecule has 0 aromatic rings. The highest BCUT2D eigenvalue weighted by Crippen LogP contribution is 2.24. The Labute approximate surface area is 73.6 Å². The molecule has 0 amide bonds. The Morgan fingerprint density at radius 2 is 1.91 bits per heavy atom. The molecule has 11 heavy (non-hydrogen) atoms. The Hall–Kier alpha value is 0.360. The van der Waals surface area contributed by atoms with Crippen LogP contribution in [-0.4, -0.2) is 20.2 Å². The van der Waals surface area contributed by atoms with Gasteiger partial charge in [-0.25, -0.2) is 4.21 Å². The lowest BCUT2D eigenvalue weighted by Gasteiger charge is -2.25. The van der Waals surface area contributed by atoms with E-state index in [1.54, 1.807) is 0 Å². The third-order valence-electron chi connectivity index (χ3n) is 1.82. The quantitative estimate of drug-likeness (QED) is 0.496. The van der Waals surface area contributed by atoms with Crippen molar-refractivity contribution in [3.63, 3.8) is 0 Å². The molecule has 3 nitrogen and oxygen atoms in total. The average molecular weight is 198 g/mol. The number of hydrogen-bond donors (Lipinski definition) is 0. The van der Waals surface area contributed by atoms with Gasteiger partial charge in [0.05, 0.1) is 17.5 Å². The molecule has 0 heterocycles. The molecule has 5 heteroatoms. The second kappa shape index (κ2) is 4.40. The van der Waals surface area contributed by atoms with Crippen LogP contribution >= 0.6 is 11.6 Å². The first-order chi connectivity index (χ1) is 5.18. The van der Waals surface area contributed by atoms with Crippen LogP contribution in [0.1, 0.15) is 25.7 Å². The van der Waals surface area contributed by atoms with Crippen molar-refractivity contribution >= 4 is 23.0 Å². The molecule has 0 N–H and O–H groups in total. The maximum absolute atomic E-state index is 10.1. The minimum atomic E-state index is -2.37. The van der Waals surface area contributed by atoms with E-state index in [1.807, 2.05) is 0 Å². The first-order valence-electron chi connectivity index (χ1n) is 3.59. The molecule has 1 fully saturated rings. The molecule has 0 aliphatic heterocycles. The summed E-state index contributed by atoms with van der Waals surface area (Å²) in [7, 11) is 0. The second-order valence-electron chi connectivity index (χ2n) is 2.67. The summed E-state index contributed by atoms with van der Waals surface area (Å²) in [6.45, 7) is 0. The van der Waals surface area contributed by atoms with Crippen molar-refractivity contribution in [1.29, 1.82) is 0 Å². The lowest BCUT2D eigenvalue weighted by atomic mass is 9.98. The molecule has 1 atom stereocenters. The summed E-state index contributed by atoms with van der Waals surface area (Å²) >= 11 is 3.44. The molecule has 1 saturated carbocycles. The molecule has 1 unspecified atom stereocenters. The molecule has 1 rings (SSSR count). The van der Waals surface area contributed by atoms with Crippen molar-refractivity contribution in [1.82, 2.24) is 0 Å². The van der Waals surface area contributed by atoms with Gasteiger partial charge in [0, 0.05) is 5.38 Å². The van der Waals surface area contributed by atoms with Crippen LogP contribution in [0.3, 0.4) is 0 Å². The Morgan fingerprint density at radius 1 is 1.36 bits per heavy atom.